The van der Waals surface area contributed by atoms with Gasteiger partial charge < -0.3 is 18.9 Å². The number of fused-ring (bicyclic) bond motifs is 1. The van der Waals surface area contributed by atoms with E-state index in [1.165, 1.54) is 0 Å². The summed E-state index contributed by atoms with van der Waals surface area (Å²) in [5.41, 5.74) is 1.50. The number of hydrogen-bond donors (Lipinski definition) is 0. The zero-order valence-electron chi connectivity index (χ0n) is 14.1. The van der Waals surface area contributed by atoms with Gasteiger partial charge >= 0.3 is 11.3 Å². The van der Waals surface area contributed by atoms with Gasteiger partial charge in [0.05, 0.1) is 39.4 Å². The van der Waals surface area contributed by atoms with Crippen molar-refractivity contribution >= 4 is 11.0 Å². The van der Waals surface area contributed by atoms with Gasteiger partial charge in [0.25, 0.3) is 0 Å². The van der Waals surface area contributed by atoms with Crippen molar-refractivity contribution in [3.63, 3.8) is 0 Å². The molecule has 0 aliphatic carbocycles. The molecule has 0 N–H and O–H groups in total. The normalized spacial score (nSPS) is 10.5. The Labute approximate surface area is 140 Å². The van der Waals surface area contributed by atoms with Crippen LogP contribution in [0.3, 0.4) is 0 Å². The minimum Gasteiger partial charge on any atom is -0.493 e. The maximum Gasteiger partial charge on any atom is 0.402 e. The van der Waals surface area contributed by atoms with Crippen molar-refractivity contribution in [2.45, 2.75) is 0 Å². The molecule has 0 saturated heterocycles. The molecule has 0 aliphatic heterocycles. The Hall–Kier alpha value is -2.95. The summed E-state index contributed by atoms with van der Waals surface area (Å²) in [6, 6.07) is 13.4. The lowest BCUT2D eigenvalue weighted by molar-refractivity contribution is 0.324. The first-order valence-electron chi connectivity index (χ1n) is 7.42. The molecule has 3 rings (SSSR count). The van der Waals surface area contributed by atoms with E-state index in [1.807, 2.05) is 42.5 Å². The van der Waals surface area contributed by atoms with E-state index >= 15 is 0 Å². The zero-order chi connectivity index (χ0) is 17.1. The van der Waals surface area contributed by atoms with Crippen LogP contribution in [0.15, 0.2) is 46.9 Å². The SMILES string of the molecule is COc1cc(-c2ccc3cccc(OC)c3[o+]2)cc(OC)c1OC. The molecule has 0 bridgehead atoms. The summed E-state index contributed by atoms with van der Waals surface area (Å²) in [6.45, 7) is 0. The molecule has 0 unspecified atom stereocenters. The first-order valence-corrected chi connectivity index (χ1v) is 7.42. The number of para-hydroxylation sites is 1. The number of hydrogen-bond acceptors (Lipinski definition) is 4. The molecule has 0 spiro atoms. The molecular weight excluding hydrogens is 308 g/mol. The standard InChI is InChI=1S/C19H19O5/c1-20-15-7-5-6-12-8-9-14(24-18(12)15)13-10-16(21-2)19(23-4)17(11-13)22-3/h5-11H,1-4H3/q+1. The van der Waals surface area contributed by atoms with Gasteiger partial charge in [0, 0.05) is 18.2 Å². The van der Waals surface area contributed by atoms with Gasteiger partial charge in [-0.2, -0.15) is 0 Å². The summed E-state index contributed by atoms with van der Waals surface area (Å²) in [6.07, 6.45) is 0. The first kappa shape index (κ1) is 15.9. The van der Waals surface area contributed by atoms with Gasteiger partial charge in [-0.1, -0.05) is 6.07 Å². The van der Waals surface area contributed by atoms with E-state index in [4.69, 9.17) is 23.4 Å². The molecule has 2 aromatic carbocycles. The average Bonchev–Trinajstić information content (AvgIpc) is 2.65. The molecule has 5 nitrogen and oxygen atoms in total. The van der Waals surface area contributed by atoms with Gasteiger partial charge in [-0.3, -0.25) is 0 Å². The van der Waals surface area contributed by atoms with Gasteiger partial charge in [-0.15, -0.1) is 0 Å². The summed E-state index contributed by atoms with van der Waals surface area (Å²) >= 11 is 0. The van der Waals surface area contributed by atoms with E-state index in [0.717, 1.165) is 10.9 Å². The minimum atomic E-state index is 0.544. The second kappa shape index (κ2) is 6.66. The molecule has 124 valence electrons. The fourth-order valence-electron chi connectivity index (χ4n) is 2.62. The fraction of sp³-hybridized carbons (Fsp3) is 0.211. The van der Waals surface area contributed by atoms with Gasteiger partial charge in [-0.05, 0) is 18.2 Å². The quantitative estimate of drug-likeness (QED) is 0.649. The predicted octanol–water partition coefficient (Wildman–Crippen LogP) is 4.42. The Kier molecular flexibility index (Phi) is 4.42. The van der Waals surface area contributed by atoms with Crippen LogP contribution >= 0.6 is 0 Å². The van der Waals surface area contributed by atoms with Crippen molar-refractivity contribution in [1.29, 1.82) is 0 Å². The van der Waals surface area contributed by atoms with Crippen LogP contribution in [-0.2, 0) is 0 Å². The summed E-state index contributed by atoms with van der Waals surface area (Å²) in [7, 11) is 6.37. The third kappa shape index (κ3) is 2.69. The number of methoxy groups -OCH3 is 4. The lowest BCUT2D eigenvalue weighted by Crippen LogP contribution is -1.95. The maximum atomic E-state index is 6.07. The second-order valence-corrected chi connectivity index (χ2v) is 5.09. The van der Waals surface area contributed by atoms with Crippen molar-refractivity contribution in [3.8, 4) is 34.3 Å². The van der Waals surface area contributed by atoms with Crippen LogP contribution in [0.2, 0.25) is 0 Å². The Morgan fingerprint density at radius 2 is 1.38 bits per heavy atom. The molecule has 0 aliphatic rings. The van der Waals surface area contributed by atoms with Crippen molar-refractivity contribution < 1.29 is 23.4 Å². The molecule has 5 heteroatoms. The van der Waals surface area contributed by atoms with Crippen LogP contribution in [-0.4, -0.2) is 28.4 Å². The van der Waals surface area contributed by atoms with Gasteiger partial charge in [0.15, 0.2) is 11.5 Å². The summed E-state index contributed by atoms with van der Waals surface area (Å²) < 4.78 is 27.6. The summed E-state index contributed by atoms with van der Waals surface area (Å²) in [5.74, 6) is 3.04. The van der Waals surface area contributed by atoms with E-state index in [9.17, 15) is 0 Å². The molecule has 0 atom stereocenters. The average molecular weight is 327 g/mol. The second-order valence-electron chi connectivity index (χ2n) is 5.09. The third-order valence-corrected chi connectivity index (χ3v) is 3.80. The molecule has 1 heterocycles. The summed E-state index contributed by atoms with van der Waals surface area (Å²) in [5, 5.41) is 0.963. The molecule has 0 fully saturated rings. The topological polar surface area (TPSA) is 48.2 Å². The van der Waals surface area contributed by atoms with E-state index in [0.29, 0.717) is 34.3 Å². The maximum absolute atomic E-state index is 6.07. The van der Waals surface area contributed by atoms with Gasteiger partial charge in [0.1, 0.15) is 0 Å². The Balaban J connectivity index is 2.20. The Morgan fingerprint density at radius 1 is 0.708 bits per heavy atom. The third-order valence-electron chi connectivity index (χ3n) is 3.80. The monoisotopic (exact) mass is 327 g/mol. The van der Waals surface area contributed by atoms with Gasteiger partial charge in [-0.25, -0.2) is 4.42 Å². The first-order chi connectivity index (χ1) is 11.7. The lowest BCUT2D eigenvalue weighted by Gasteiger charge is -2.12. The lowest BCUT2D eigenvalue weighted by atomic mass is 10.1. The molecule has 0 radical (unpaired) electrons. The largest absolute Gasteiger partial charge is 0.493 e. The van der Waals surface area contributed by atoms with E-state index in [-0.39, 0.29) is 0 Å². The number of benzene rings is 2. The highest BCUT2D eigenvalue weighted by Gasteiger charge is 2.22. The molecular formula is C19H19O5+. The predicted molar refractivity (Wildman–Crippen MR) is 92.3 cm³/mol. The van der Waals surface area contributed by atoms with Crippen LogP contribution in [0.25, 0.3) is 22.3 Å². The van der Waals surface area contributed by atoms with E-state index in [2.05, 4.69) is 0 Å². The Morgan fingerprint density at radius 3 is 1.96 bits per heavy atom. The van der Waals surface area contributed by atoms with Crippen LogP contribution in [0.4, 0.5) is 0 Å². The van der Waals surface area contributed by atoms with Crippen molar-refractivity contribution in [3.05, 3.63) is 42.5 Å². The number of rotatable bonds is 5. The fourth-order valence-corrected chi connectivity index (χ4v) is 2.62. The van der Waals surface area contributed by atoms with Crippen LogP contribution in [0, 0.1) is 0 Å². The van der Waals surface area contributed by atoms with Crippen LogP contribution in [0.1, 0.15) is 0 Å². The van der Waals surface area contributed by atoms with Crippen molar-refractivity contribution in [2.24, 2.45) is 0 Å². The molecule has 3 aromatic rings. The Bertz CT molecular complexity index is 848. The molecule has 0 amide bonds. The highest BCUT2D eigenvalue weighted by molar-refractivity contribution is 5.84. The molecule has 24 heavy (non-hydrogen) atoms. The van der Waals surface area contributed by atoms with Crippen molar-refractivity contribution in [1.82, 2.24) is 0 Å². The van der Waals surface area contributed by atoms with Gasteiger partial charge in [0.2, 0.25) is 11.5 Å². The van der Waals surface area contributed by atoms with Crippen molar-refractivity contribution in [2.75, 3.05) is 28.4 Å². The molecule has 1 aromatic heterocycles. The molecule has 0 saturated carbocycles. The van der Waals surface area contributed by atoms with Crippen LogP contribution < -0.4 is 18.9 Å². The highest BCUT2D eigenvalue weighted by atomic mass is 16.5. The minimum absolute atomic E-state index is 0.544. The van der Waals surface area contributed by atoms with E-state index < -0.39 is 0 Å². The summed E-state index contributed by atoms with van der Waals surface area (Å²) in [4.78, 5) is 0. The number of ether oxygens (including phenoxy) is 4. The smallest absolute Gasteiger partial charge is 0.402 e. The van der Waals surface area contributed by atoms with Crippen LogP contribution in [0.5, 0.6) is 23.0 Å². The zero-order valence-corrected chi connectivity index (χ0v) is 14.1. The highest BCUT2D eigenvalue weighted by Crippen LogP contribution is 2.42. The van der Waals surface area contributed by atoms with E-state index in [1.54, 1.807) is 28.4 Å².